The molecule has 2 heterocycles. The van der Waals surface area contributed by atoms with Crippen LogP contribution in [0.5, 0.6) is 0 Å². The molecule has 1 fully saturated rings. The number of nitrogen functional groups attached to an aromatic ring is 1. The van der Waals surface area contributed by atoms with Crippen LogP contribution in [0.2, 0.25) is 0 Å². The van der Waals surface area contributed by atoms with E-state index < -0.39 is 0 Å². The molecule has 1 saturated heterocycles. The Kier molecular flexibility index (Phi) is 2.62. The van der Waals surface area contributed by atoms with Crippen LogP contribution in [0.15, 0.2) is 6.07 Å². The molecule has 5 heteroatoms. The van der Waals surface area contributed by atoms with Gasteiger partial charge in [-0.15, -0.1) is 0 Å². The van der Waals surface area contributed by atoms with Crippen LogP contribution in [0.3, 0.4) is 0 Å². The molecule has 0 saturated carbocycles. The number of carbonyl (C=O) groups is 1. The highest BCUT2D eigenvalue weighted by molar-refractivity contribution is 5.80. The van der Waals surface area contributed by atoms with Gasteiger partial charge < -0.3 is 11.1 Å². The van der Waals surface area contributed by atoms with Crippen LogP contribution in [0.4, 0.5) is 5.82 Å². The first-order valence-electron chi connectivity index (χ1n) is 5.28. The minimum atomic E-state index is -0.190. The van der Waals surface area contributed by atoms with Gasteiger partial charge in [0.2, 0.25) is 5.91 Å². The van der Waals surface area contributed by atoms with Crippen molar-refractivity contribution in [1.29, 1.82) is 0 Å². The van der Waals surface area contributed by atoms with Crippen molar-refractivity contribution in [3.05, 3.63) is 11.8 Å². The summed E-state index contributed by atoms with van der Waals surface area (Å²) >= 11 is 0. The minimum Gasteiger partial charge on any atom is -0.382 e. The molecule has 1 aromatic rings. The van der Waals surface area contributed by atoms with Gasteiger partial charge in [-0.3, -0.25) is 9.48 Å². The van der Waals surface area contributed by atoms with E-state index in [2.05, 4.69) is 10.4 Å². The van der Waals surface area contributed by atoms with Crippen LogP contribution in [0.25, 0.3) is 0 Å². The van der Waals surface area contributed by atoms with Crippen molar-refractivity contribution in [3.8, 4) is 0 Å². The first kappa shape index (κ1) is 10.0. The smallest absolute Gasteiger partial charge is 0.244 e. The predicted molar refractivity (Wildman–Crippen MR) is 57.3 cm³/mol. The van der Waals surface area contributed by atoms with Gasteiger partial charge in [0, 0.05) is 18.3 Å². The third-order valence-corrected chi connectivity index (χ3v) is 2.74. The summed E-state index contributed by atoms with van der Waals surface area (Å²) in [5.41, 5.74) is 6.55. The van der Waals surface area contributed by atoms with Crippen molar-refractivity contribution in [3.63, 3.8) is 0 Å². The van der Waals surface area contributed by atoms with Gasteiger partial charge in [0.1, 0.15) is 11.9 Å². The molecule has 1 aromatic heterocycles. The van der Waals surface area contributed by atoms with Crippen molar-refractivity contribution < 1.29 is 4.79 Å². The number of aromatic nitrogens is 2. The zero-order chi connectivity index (χ0) is 10.8. The molecule has 0 spiro atoms. The highest BCUT2D eigenvalue weighted by Crippen LogP contribution is 2.20. The molecule has 82 valence electrons. The van der Waals surface area contributed by atoms with Crippen LogP contribution in [-0.4, -0.2) is 22.2 Å². The third kappa shape index (κ3) is 1.95. The Balaban J connectivity index is 2.27. The van der Waals surface area contributed by atoms with Crippen molar-refractivity contribution in [2.75, 3.05) is 12.3 Å². The highest BCUT2D eigenvalue weighted by atomic mass is 16.2. The largest absolute Gasteiger partial charge is 0.382 e. The van der Waals surface area contributed by atoms with Gasteiger partial charge in [0.25, 0.3) is 0 Å². The Bertz CT molecular complexity index is 371. The molecule has 0 aliphatic carbocycles. The van der Waals surface area contributed by atoms with E-state index >= 15 is 0 Å². The maximum absolute atomic E-state index is 11.8. The fourth-order valence-electron chi connectivity index (χ4n) is 1.98. The number of anilines is 1. The average molecular weight is 208 g/mol. The molecule has 2 rings (SSSR count). The number of nitrogens with zero attached hydrogens (tertiary/aromatic N) is 2. The van der Waals surface area contributed by atoms with E-state index in [1.165, 1.54) is 0 Å². The number of hydrogen-bond acceptors (Lipinski definition) is 3. The van der Waals surface area contributed by atoms with Crippen molar-refractivity contribution in [2.24, 2.45) is 0 Å². The molecular formula is C10H16N4O. The topological polar surface area (TPSA) is 72.9 Å². The van der Waals surface area contributed by atoms with E-state index in [1.54, 1.807) is 10.7 Å². The van der Waals surface area contributed by atoms with Crippen LogP contribution < -0.4 is 11.1 Å². The first-order valence-corrected chi connectivity index (χ1v) is 5.28. The van der Waals surface area contributed by atoms with E-state index in [4.69, 9.17) is 5.73 Å². The van der Waals surface area contributed by atoms with Gasteiger partial charge in [-0.1, -0.05) is 0 Å². The summed E-state index contributed by atoms with van der Waals surface area (Å²) in [6, 6.07) is 1.60. The van der Waals surface area contributed by atoms with Gasteiger partial charge in [0.05, 0.1) is 0 Å². The molecule has 15 heavy (non-hydrogen) atoms. The van der Waals surface area contributed by atoms with E-state index in [9.17, 15) is 4.79 Å². The van der Waals surface area contributed by atoms with E-state index in [0.29, 0.717) is 5.82 Å². The summed E-state index contributed by atoms with van der Waals surface area (Å²) in [6.07, 6.45) is 2.93. The van der Waals surface area contributed by atoms with Crippen molar-refractivity contribution in [1.82, 2.24) is 15.1 Å². The van der Waals surface area contributed by atoms with E-state index in [1.807, 2.05) is 6.92 Å². The first-order chi connectivity index (χ1) is 7.18. The van der Waals surface area contributed by atoms with Crippen molar-refractivity contribution in [2.45, 2.75) is 32.2 Å². The number of nitrogens with one attached hydrogen (secondary N) is 1. The molecule has 1 atom stereocenters. The number of amides is 1. The summed E-state index contributed by atoms with van der Waals surface area (Å²) in [4.78, 5) is 11.8. The molecule has 1 aliphatic rings. The number of hydrogen-bond donors (Lipinski definition) is 2. The molecule has 1 unspecified atom stereocenters. The monoisotopic (exact) mass is 208 g/mol. The van der Waals surface area contributed by atoms with E-state index in [-0.39, 0.29) is 11.9 Å². The molecule has 5 nitrogen and oxygen atoms in total. The maximum Gasteiger partial charge on any atom is 0.244 e. The lowest BCUT2D eigenvalue weighted by molar-refractivity contribution is -0.124. The minimum absolute atomic E-state index is 0.0544. The second-order valence-electron chi connectivity index (χ2n) is 3.96. The Morgan fingerprint density at radius 3 is 3.07 bits per heavy atom. The summed E-state index contributed by atoms with van der Waals surface area (Å²) in [7, 11) is 0. The Morgan fingerprint density at radius 2 is 2.40 bits per heavy atom. The highest BCUT2D eigenvalue weighted by Gasteiger charge is 2.24. The number of aryl methyl sites for hydroxylation is 1. The van der Waals surface area contributed by atoms with Crippen LogP contribution in [-0.2, 0) is 4.79 Å². The predicted octanol–water partition coefficient (Wildman–Crippen LogP) is 0.615. The number of nitrogens with two attached hydrogens (primary N) is 1. The summed E-state index contributed by atoms with van der Waals surface area (Å²) in [5.74, 6) is 0.531. The lowest BCUT2D eigenvalue weighted by Gasteiger charge is -2.15. The van der Waals surface area contributed by atoms with Crippen LogP contribution in [0.1, 0.15) is 31.0 Å². The van der Waals surface area contributed by atoms with Gasteiger partial charge >= 0.3 is 0 Å². The van der Waals surface area contributed by atoms with Gasteiger partial charge in [0.15, 0.2) is 0 Å². The summed E-state index contributed by atoms with van der Waals surface area (Å²) < 4.78 is 1.73. The van der Waals surface area contributed by atoms with E-state index in [0.717, 1.165) is 31.5 Å². The molecule has 3 N–H and O–H groups in total. The maximum atomic E-state index is 11.8. The van der Waals surface area contributed by atoms with Crippen LogP contribution >= 0.6 is 0 Å². The lowest BCUT2D eigenvalue weighted by Crippen LogP contribution is -2.31. The molecule has 1 aliphatic heterocycles. The number of rotatable bonds is 1. The molecule has 0 bridgehead atoms. The van der Waals surface area contributed by atoms with Crippen LogP contribution in [0, 0.1) is 6.92 Å². The molecular weight excluding hydrogens is 192 g/mol. The normalized spacial score (nSPS) is 22.2. The quantitative estimate of drug-likeness (QED) is 0.710. The number of carbonyl (C=O) groups excluding carboxylic acids is 1. The third-order valence-electron chi connectivity index (χ3n) is 2.74. The molecule has 0 radical (unpaired) electrons. The van der Waals surface area contributed by atoms with Crippen molar-refractivity contribution >= 4 is 11.7 Å². The Hall–Kier alpha value is -1.52. The van der Waals surface area contributed by atoms with Gasteiger partial charge in [-0.05, 0) is 26.2 Å². The zero-order valence-corrected chi connectivity index (χ0v) is 8.86. The molecule has 0 aromatic carbocycles. The fourth-order valence-corrected chi connectivity index (χ4v) is 1.98. The zero-order valence-electron chi connectivity index (χ0n) is 8.86. The second kappa shape index (κ2) is 3.92. The average Bonchev–Trinajstić information content (AvgIpc) is 2.39. The Morgan fingerprint density at radius 1 is 1.60 bits per heavy atom. The fraction of sp³-hybridized carbons (Fsp3) is 0.600. The van der Waals surface area contributed by atoms with Gasteiger partial charge in [-0.2, -0.15) is 5.10 Å². The summed E-state index contributed by atoms with van der Waals surface area (Å²) in [6.45, 7) is 2.69. The summed E-state index contributed by atoms with van der Waals surface area (Å²) in [5, 5.41) is 7.05. The lowest BCUT2D eigenvalue weighted by atomic mass is 10.1. The standard InChI is InChI=1S/C10H16N4O/c1-7-6-9(11)13-14(7)8-4-2-3-5-12-10(8)15/h6,8H,2-5H2,1H3,(H2,11,13)(H,12,15). The van der Waals surface area contributed by atoms with Gasteiger partial charge in [-0.25, -0.2) is 0 Å². The SMILES string of the molecule is Cc1cc(N)nn1C1CCCCNC1=O. The second-order valence-corrected chi connectivity index (χ2v) is 3.96. The molecule has 1 amide bonds. The Labute approximate surface area is 88.6 Å².